The lowest BCUT2D eigenvalue weighted by molar-refractivity contribution is -0.132. The fraction of sp³-hybridized carbons (Fsp3) is 0.684. The van der Waals surface area contributed by atoms with Gasteiger partial charge in [0.25, 0.3) is 0 Å². The van der Waals surface area contributed by atoms with Crippen molar-refractivity contribution in [2.75, 3.05) is 19.6 Å². The number of carbonyl (C=O) groups excluding carboxylic acids is 1. The van der Waals surface area contributed by atoms with Crippen LogP contribution in [0, 0.1) is 0 Å². The highest BCUT2D eigenvalue weighted by Gasteiger charge is 2.26. The SMILES string of the molecule is CCN(Cc1noc(C2CCC2)n1)C(=O)Cn1nccc1C1CCCNC1. The summed E-state index contributed by atoms with van der Waals surface area (Å²) in [5, 5.41) is 11.9. The molecule has 1 amide bonds. The first kappa shape index (κ1) is 18.2. The summed E-state index contributed by atoms with van der Waals surface area (Å²) in [6.07, 6.45) is 7.55. The highest BCUT2D eigenvalue weighted by atomic mass is 16.5. The predicted octanol–water partition coefficient (Wildman–Crippen LogP) is 2.05. The number of hydrogen-bond acceptors (Lipinski definition) is 6. The van der Waals surface area contributed by atoms with Crippen molar-refractivity contribution in [1.29, 1.82) is 0 Å². The number of aromatic nitrogens is 4. The van der Waals surface area contributed by atoms with Crippen molar-refractivity contribution >= 4 is 5.91 Å². The van der Waals surface area contributed by atoms with E-state index < -0.39 is 0 Å². The van der Waals surface area contributed by atoms with E-state index in [4.69, 9.17) is 4.52 Å². The van der Waals surface area contributed by atoms with Crippen LogP contribution in [0.5, 0.6) is 0 Å². The molecular weight excluding hydrogens is 344 g/mol. The average Bonchev–Trinajstić information content (AvgIpc) is 3.28. The minimum atomic E-state index is 0.0289. The Morgan fingerprint density at radius 1 is 1.33 bits per heavy atom. The number of carbonyl (C=O) groups is 1. The molecule has 146 valence electrons. The summed E-state index contributed by atoms with van der Waals surface area (Å²) in [6, 6.07) is 2.03. The molecule has 2 aliphatic rings. The molecule has 0 radical (unpaired) electrons. The minimum absolute atomic E-state index is 0.0289. The Kier molecular flexibility index (Phi) is 5.52. The van der Waals surface area contributed by atoms with E-state index in [1.54, 1.807) is 11.1 Å². The van der Waals surface area contributed by atoms with Gasteiger partial charge in [-0.1, -0.05) is 11.6 Å². The second-order valence-corrected chi connectivity index (χ2v) is 7.54. The molecule has 2 aromatic rings. The van der Waals surface area contributed by atoms with Gasteiger partial charge in [-0.25, -0.2) is 0 Å². The third-order valence-corrected chi connectivity index (χ3v) is 5.75. The molecule has 2 aromatic heterocycles. The Bertz CT molecular complexity index is 760. The van der Waals surface area contributed by atoms with Crippen LogP contribution in [-0.2, 0) is 17.9 Å². The molecule has 4 rings (SSSR count). The number of rotatable bonds is 7. The zero-order valence-corrected chi connectivity index (χ0v) is 15.9. The van der Waals surface area contributed by atoms with Crippen LogP contribution < -0.4 is 5.32 Å². The molecule has 0 spiro atoms. The monoisotopic (exact) mass is 372 g/mol. The molecule has 8 nitrogen and oxygen atoms in total. The van der Waals surface area contributed by atoms with Crippen molar-refractivity contribution in [3.05, 3.63) is 29.7 Å². The summed E-state index contributed by atoms with van der Waals surface area (Å²) in [5.41, 5.74) is 1.14. The van der Waals surface area contributed by atoms with E-state index >= 15 is 0 Å². The van der Waals surface area contributed by atoms with Crippen molar-refractivity contribution in [3.8, 4) is 0 Å². The van der Waals surface area contributed by atoms with Crippen LogP contribution >= 0.6 is 0 Å². The number of nitrogens with one attached hydrogen (secondary N) is 1. The van der Waals surface area contributed by atoms with E-state index in [1.165, 1.54) is 6.42 Å². The molecule has 2 fully saturated rings. The van der Waals surface area contributed by atoms with Gasteiger partial charge in [0.05, 0.1) is 6.54 Å². The second kappa shape index (κ2) is 8.21. The second-order valence-electron chi connectivity index (χ2n) is 7.54. The molecule has 1 N–H and O–H groups in total. The Hall–Kier alpha value is -2.22. The van der Waals surface area contributed by atoms with Crippen molar-refractivity contribution in [3.63, 3.8) is 0 Å². The number of amides is 1. The van der Waals surface area contributed by atoms with Crippen LogP contribution in [0.2, 0.25) is 0 Å². The molecule has 0 bridgehead atoms. The van der Waals surface area contributed by atoms with E-state index in [-0.39, 0.29) is 12.5 Å². The molecule has 1 saturated heterocycles. The van der Waals surface area contributed by atoms with Gasteiger partial charge in [-0.3, -0.25) is 9.48 Å². The Labute approximate surface area is 159 Å². The van der Waals surface area contributed by atoms with Gasteiger partial charge >= 0.3 is 0 Å². The van der Waals surface area contributed by atoms with Crippen molar-refractivity contribution in [2.45, 2.75) is 64.0 Å². The highest BCUT2D eigenvalue weighted by molar-refractivity contribution is 5.75. The van der Waals surface area contributed by atoms with Gasteiger partial charge < -0.3 is 14.7 Å². The van der Waals surface area contributed by atoms with Gasteiger partial charge in [0.15, 0.2) is 5.82 Å². The lowest BCUT2D eigenvalue weighted by Crippen LogP contribution is -2.35. The van der Waals surface area contributed by atoms with E-state index in [0.29, 0.717) is 30.7 Å². The first-order chi connectivity index (χ1) is 13.2. The van der Waals surface area contributed by atoms with Crippen LogP contribution in [0.3, 0.4) is 0 Å². The number of piperidine rings is 1. The van der Waals surface area contributed by atoms with Crippen LogP contribution in [0.25, 0.3) is 0 Å². The van der Waals surface area contributed by atoms with E-state index in [9.17, 15) is 4.79 Å². The zero-order valence-electron chi connectivity index (χ0n) is 15.9. The molecule has 1 aliphatic carbocycles. The summed E-state index contributed by atoms with van der Waals surface area (Å²) < 4.78 is 7.22. The molecule has 8 heteroatoms. The van der Waals surface area contributed by atoms with E-state index in [1.807, 2.05) is 17.7 Å². The molecule has 1 unspecified atom stereocenters. The maximum Gasteiger partial charge on any atom is 0.244 e. The zero-order chi connectivity index (χ0) is 18.6. The van der Waals surface area contributed by atoms with Crippen LogP contribution in [0.1, 0.15) is 68.3 Å². The van der Waals surface area contributed by atoms with E-state index in [0.717, 1.165) is 50.4 Å². The number of nitrogens with zero attached hydrogens (tertiary/aromatic N) is 5. The summed E-state index contributed by atoms with van der Waals surface area (Å²) in [4.78, 5) is 19.1. The van der Waals surface area contributed by atoms with Gasteiger partial charge in [-0.05, 0) is 45.2 Å². The highest BCUT2D eigenvalue weighted by Crippen LogP contribution is 2.35. The Morgan fingerprint density at radius 2 is 2.19 bits per heavy atom. The van der Waals surface area contributed by atoms with E-state index in [2.05, 4.69) is 20.6 Å². The minimum Gasteiger partial charge on any atom is -0.339 e. The molecule has 27 heavy (non-hydrogen) atoms. The molecule has 3 heterocycles. The fourth-order valence-corrected chi connectivity index (χ4v) is 3.85. The molecule has 1 aliphatic heterocycles. The van der Waals surface area contributed by atoms with Gasteiger partial charge in [0.1, 0.15) is 6.54 Å². The standard InChI is InChI=1S/C19H28N6O2/c1-2-24(12-17-22-19(27-23-17)14-5-3-6-14)18(26)13-25-16(8-10-21-25)15-7-4-9-20-11-15/h8,10,14-15,20H,2-7,9,11-13H2,1H3. The van der Waals surface area contributed by atoms with Crippen LogP contribution in [0.15, 0.2) is 16.8 Å². The summed E-state index contributed by atoms with van der Waals surface area (Å²) in [6.45, 7) is 5.23. The lowest BCUT2D eigenvalue weighted by atomic mass is 9.85. The van der Waals surface area contributed by atoms with Crippen molar-refractivity contribution in [1.82, 2.24) is 30.1 Å². The molecule has 0 aromatic carbocycles. The first-order valence-electron chi connectivity index (χ1n) is 10.1. The summed E-state index contributed by atoms with van der Waals surface area (Å²) >= 11 is 0. The Morgan fingerprint density at radius 3 is 2.89 bits per heavy atom. The molecule has 1 saturated carbocycles. The average molecular weight is 372 g/mol. The summed E-state index contributed by atoms with van der Waals surface area (Å²) in [5.74, 6) is 2.17. The van der Waals surface area contributed by atoms with Gasteiger partial charge in [0, 0.05) is 36.8 Å². The van der Waals surface area contributed by atoms with Gasteiger partial charge in [-0.2, -0.15) is 10.1 Å². The number of hydrogen-bond donors (Lipinski definition) is 1. The summed E-state index contributed by atoms with van der Waals surface area (Å²) in [7, 11) is 0. The fourth-order valence-electron chi connectivity index (χ4n) is 3.85. The predicted molar refractivity (Wildman–Crippen MR) is 99.1 cm³/mol. The maximum atomic E-state index is 12.9. The molecule has 1 atom stereocenters. The topological polar surface area (TPSA) is 89.1 Å². The largest absolute Gasteiger partial charge is 0.339 e. The first-order valence-corrected chi connectivity index (χ1v) is 10.1. The Balaban J connectivity index is 1.39. The smallest absolute Gasteiger partial charge is 0.244 e. The quantitative estimate of drug-likeness (QED) is 0.800. The van der Waals surface area contributed by atoms with Crippen LogP contribution in [0.4, 0.5) is 0 Å². The van der Waals surface area contributed by atoms with Crippen LogP contribution in [-0.4, -0.2) is 50.4 Å². The third kappa shape index (κ3) is 4.05. The van der Waals surface area contributed by atoms with Gasteiger partial charge in [0.2, 0.25) is 11.8 Å². The maximum absolute atomic E-state index is 12.9. The van der Waals surface area contributed by atoms with Gasteiger partial charge in [-0.15, -0.1) is 0 Å². The lowest BCUT2D eigenvalue weighted by Gasteiger charge is -2.24. The van der Waals surface area contributed by atoms with Crippen molar-refractivity contribution < 1.29 is 9.32 Å². The normalized spacial score (nSPS) is 20.4. The van der Waals surface area contributed by atoms with Crippen molar-refractivity contribution in [2.24, 2.45) is 0 Å². The third-order valence-electron chi connectivity index (χ3n) is 5.75. The number of likely N-dealkylation sites (N-methyl/N-ethyl adjacent to an activating group) is 1. The molecular formula is C19H28N6O2.